The molecule has 1 aliphatic carbocycles. The molecule has 0 radical (unpaired) electrons. The summed E-state index contributed by atoms with van der Waals surface area (Å²) in [6, 6.07) is 11.9. The van der Waals surface area contributed by atoms with Gasteiger partial charge in [0, 0.05) is 12.1 Å². The van der Waals surface area contributed by atoms with Crippen LogP contribution in [-0.2, 0) is 12.8 Å². The van der Waals surface area contributed by atoms with Crippen molar-refractivity contribution in [2.45, 2.75) is 31.7 Å². The highest BCUT2D eigenvalue weighted by Crippen LogP contribution is 2.23. The maximum absolute atomic E-state index is 12.6. The lowest BCUT2D eigenvalue weighted by molar-refractivity contribution is 0.0931. The number of carbonyl (C=O) groups excluding carboxylic acids is 1. The van der Waals surface area contributed by atoms with Gasteiger partial charge in [-0.2, -0.15) is 4.98 Å². The van der Waals surface area contributed by atoms with Crippen LogP contribution in [0.4, 0.5) is 0 Å². The molecular formula is C19H22N2O3. The molecule has 3 rings (SSSR count). The van der Waals surface area contributed by atoms with Gasteiger partial charge in [-0.15, -0.1) is 0 Å². The van der Waals surface area contributed by atoms with Gasteiger partial charge in [0.25, 0.3) is 5.91 Å². The van der Waals surface area contributed by atoms with E-state index in [4.69, 9.17) is 9.47 Å². The molecule has 5 heteroatoms. The molecule has 2 aromatic rings. The SMILES string of the molecule is COc1ccc(C(=O)NC2CCCc3ccccc3C2)c(OC)n1. The Balaban J connectivity index is 1.75. The molecule has 1 aromatic heterocycles. The van der Waals surface area contributed by atoms with Crippen molar-refractivity contribution in [2.24, 2.45) is 0 Å². The summed E-state index contributed by atoms with van der Waals surface area (Å²) in [6.45, 7) is 0. The first-order valence-corrected chi connectivity index (χ1v) is 8.18. The van der Waals surface area contributed by atoms with Gasteiger partial charge in [0.15, 0.2) is 0 Å². The molecule has 0 saturated carbocycles. The summed E-state index contributed by atoms with van der Waals surface area (Å²) in [7, 11) is 3.03. The fourth-order valence-corrected chi connectivity index (χ4v) is 3.16. The fourth-order valence-electron chi connectivity index (χ4n) is 3.16. The van der Waals surface area contributed by atoms with E-state index in [-0.39, 0.29) is 17.8 Å². The fraction of sp³-hybridized carbons (Fsp3) is 0.368. The Labute approximate surface area is 142 Å². The molecular weight excluding hydrogens is 304 g/mol. The molecule has 1 N–H and O–H groups in total. The highest BCUT2D eigenvalue weighted by atomic mass is 16.5. The highest BCUT2D eigenvalue weighted by molar-refractivity contribution is 5.96. The summed E-state index contributed by atoms with van der Waals surface area (Å²) in [5.74, 6) is 0.541. The van der Waals surface area contributed by atoms with Gasteiger partial charge in [0.05, 0.1) is 14.2 Å². The molecule has 1 amide bonds. The van der Waals surface area contributed by atoms with Crippen LogP contribution >= 0.6 is 0 Å². The highest BCUT2D eigenvalue weighted by Gasteiger charge is 2.21. The zero-order valence-corrected chi connectivity index (χ0v) is 14.0. The van der Waals surface area contributed by atoms with Gasteiger partial charge in [-0.05, 0) is 42.9 Å². The number of rotatable bonds is 4. The number of carbonyl (C=O) groups is 1. The Bertz CT molecular complexity index is 730. The van der Waals surface area contributed by atoms with Crippen LogP contribution in [0.15, 0.2) is 36.4 Å². The molecule has 1 atom stereocenters. The van der Waals surface area contributed by atoms with E-state index in [2.05, 4.69) is 34.6 Å². The van der Waals surface area contributed by atoms with Gasteiger partial charge in [-0.3, -0.25) is 4.79 Å². The number of ether oxygens (including phenoxy) is 2. The van der Waals surface area contributed by atoms with Gasteiger partial charge < -0.3 is 14.8 Å². The van der Waals surface area contributed by atoms with E-state index in [9.17, 15) is 4.79 Å². The maximum atomic E-state index is 12.6. The molecule has 0 saturated heterocycles. The number of nitrogens with zero attached hydrogens (tertiary/aromatic N) is 1. The van der Waals surface area contributed by atoms with Crippen molar-refractivity contribution >= 4 is 5.91 Å². The van der Waals surface area contributed by atoms with Crippen LogP contribution in [0.2, 0.25) is 0 Å². The minimum absolute atomic E-state index is 0.118. The van der Waals surface area contributed by atoms with Crippen LogP contribution in [-0.4, -0.2) is 31.2 Å². The van der Waals surface area contributed by atoms with E-state index in [1.165, 1.54) is 25.3 Å². The molecule has 0 spiro atoms. The van der Waals surface area contributed by atoms with E-state index >= 15 is 0 Å². The van der Waals surface area contributed by atoms with Crippen molar-refractivity contribution in [2.75, 3.05) is 14.2 Å². The van der Waals surface area contributed by atoms with Crippen LogP contribution < -0.4 is 14.8 Å². The van der Waals surface area contributed by atoms with Crippen molar-refractivity contribution in [3.05, 3.63) is 53.1 Å². The first kappa shape index (κ1) is 16.3. The summed E-state index contributed by atoms with van der Waals surface area (Å²) in [6.07, 6.45) is 3.95. The number of benzene rings is 1. The number of nitrogens with one attached hydrogen (secondary N) is 1. The number of fused-ring (bicyclic) bond motifs is 1. The molecule has 0 bridgehead atoms. The minimum atomic E-state index is -0.161. The molecule has 1 aromatic carbocycles. The standard InChI is InChI=1S/C19H22N2O3/c1-23-17-11-10-16(19(21-17)24-2)18(22)20-15-9-5-8-13-6-3-4-7-14(13)12-15/h3-4,6-7,10-11,15H,5,8-9,12H2,1-2H3,(H,20,22). The van der Waals surface area contributed by atoms with Crippen LogP contribution in [0.25, 0.3) is 0 Å². The van der Waals surface area contributed by atoms with E-state index in [0.29, 0.717) is 11.4 Å². The number of amides is 1. The number of hydrogen-bond donors (Lipinski definition) is 1. The summed E-state index contributed by atoms with van der Waals surface area (Å²) >= 11 is 0. The van der Waals surface area contributed by atoms with Gasteiger partial charge >= 0.3 is 0 Å². The third kappa shape index (κ3) is 3.50. The van der Waals surface area contributed by atoms with Gasteiger partial charge in [-0.1, -0.05) is 24.3 Å². The lowest BCUT2D eigenvalue weighted by atomic mass is 10.0. The van der Waals surface area contributed by atoms with Crippen LogP contribution in [0.1, 0.15) is 34.3 Å². The van der Waals surface area contributed by atoms with Crippen molar-refractivity contribution in [3.8, 4) is 11.8 Å². The summed E-state index contributed by atoms with van der Waals surface area (Å²) in [5, 5.41) is 3.13. The van der Waals surface area contributed by atoms with Crippen LogP contribution in [0.5, 0.6) is 11.8 Å². The second kappa shape index (κ2) is 7.34. The zero-order chi connectivity index (χ0) is 16.9. The summed E-state index contributed by atoms with van der Waals surface area (Å²) < 4.78 is 10.3. The zero-order valence-electron chi connectivity index (χ0n) is 14.0. The predicted molar refractivity (Wildman–Crippen MR) is 91.7 cm³/mol. The molecule has 24 heavy (non-hydrogen) atoms. The van der Waals surface area contributed by atoms with E-state index < -0.39 is 0 Å². The van der Waals surface area contributed by atoms with Crippen LogP contribution in [0, 0.1) is 0 Å². The second-order valence-electron chi connectivity index (χ2n) is 5.95. The Kier molecular flexibility index (Phi) is 4.99. The van der Waals surface area contributed by atoms with Gasteiger partial charge in [0.1, 0.15) is 5.56 Å². The lowest BCUT2D eigenvalue weighted by Crippen LogP contribution is -2.36. The van der Waals surface area contributed by atoms with E-state index in [0.717, 1.165) is 25.7 Å². The number of aryl methyl sites for hydroxylation is 1. The van der Waals surface area contributed by atoms with Gasteiger partial charge in [0.2, 0.25) is 11.8 Å². The quantitative estimate of drug-likeness (QED) is 0.878. The monoisotopic (exact) mass is 326 g/mol. The summed E-state index contributed by atoms with van der Waals surface area (Å²) in [5.41, 5.74) is 3.13. The molecule has 0 fully saturated rings. The van der Waals surface area contributed by atoms with E-state index in [1.807, 2.05) is 0 Å². The molecule has 1 aliphatic rings. The third-order valence-electron chi connectivity index (χ3n) is 4.40. The average Bonchev–Trinajstić information content (AvgIpc) is 2.82. The Morgan fingerprint density at radius 1 is 1.12 bits per heavy atom. The normalized spacial score (nSPS) is 16.7. The summed E-state index contributed by atoms with van der Waals surface area (Å²) in [4.78, 5) is 16.8. The van der Waals surface area contributed by atoms with Crippen molar-refractivity contribution in [1.29, 1.82) is 0 Å². The number of pyridine rings is 1. The molecule has 1 heterocycles. The Hall–Kier alpha value is -2.56. The lowest BCUT2D eigenvalue weighted by Gasteiger charge is -2.18. The topological polar surface area (TPSA) is 60.5 Å². The third-order valence-corrected chi connectivity index (χ3v) is 4.40. The average molecular weight is 326 g/mol. The molecule has 0 aliphatic heterocycles. The molecule has 1 unspecified atom stereocenters. The minimum Gasteiger partial charge on any atom is -0.481 e. The molecule has 126 valence electrons. The molecule has 5 nitrogen and oxygen atoms in total. The van der Waals surface area contributed by atoms with E-state index in [1.54, 1.807) is 12.1 Å². The number of methoxy groups -OCH3 is 2. The second-order valence-corrected chi connectivity index (χ2v) is 5.95. The van der Waals surface area contributed by atoms with Crippen LogP contribution in [0.3, 0.4) is 0 Å². The van der Waals surface area contributed by atoms with Gasteiger partial charge in [-0.25, -0.2) is 0 Å². The Morgan fingerprint density at radius 3 is 2.67 bits per heavy atom. The van der Waals surface area contributed by atoms with Crippen molar-refractivity contribution < 1.29 is 14.3 Å². The largest absolute Gasteiger partial charge is 0.481 e. The number of hydrogen-bond acceptors (Lipinski definition) is 4. The number of aromatic nitrogens is 1. The van der Waals surface area contributed by atoms with Crippen molar-refractivity contribution in [1.82, 2.24) is 10.3 Å². The first-order chi connectivity index (χ1) is 11.7. The van der Waals surface area contributed by atoms with Crippen molar-refractivity contribution in [3.63, 3.8) is 0 Å². The maximum Gasteiger partial charge on any atom is 0.257 e. The smallest absolute Gasteiger partial charge is 0.257 e. The Morgan fingerprint density at radius 2 is 1.92 bits per heavy atom. The predicted octanol–water partition coefficient (Wildman–Crippen LogP) is 2.78. The first-order valence-electron chi connectivity index (χ1n) is 8.18.